The van der Waals surface area contributed by atoms with Crippen LogP contribution >= 0.6 is 31.9 Å². The van der Waals surface area contributed by atoms with E-state index in [1.807, 2.05) is 6.07 Å². The van der Waals surface area contributed by atoms with E-state index in [9.17, 15) is 4.79 Å². The molecule has 1 aromatic rings. The van der Waals surface area contributed by atoms with Crippen molar-refractivity contribution in [1.82, 2.24) is 10.3 Å². The van der Waals surface area contributed by atoms with Gasteiger partial charge >= 0.3 is 0 Å². The molecule has 1 amide bonds. The molecule has 0 aromatic carbocycles. The minimum Gasteiger partial charge on any atom is -0.350 e. The Labute approximate surface area is 124 Å². The topological polar surface area (TPSA) is 42.0 Å². The smallest absolute Gasteiger partial charge is 0.271 e. The number of hydrogen-bond acceptors (Lipinski definition) is 2. The first kappa shape index (κ1) is 14.0. The van der Waals surface area contributed by atoms with Crippen molar-refractivity contribution >= 4 is 37.8 Å². The van der Waals surface area contributed by atoms with Crippen LogP contribution in [-0.2, 0) is 0 Å². The maximum Gasteiger partial charge on any atom is 0.271 e. The van der Waals surface area contributed by atoms with E-state index < -0.39 is 0 Å². The van der Waals surface area contributed by atoms with Crippen molar-refractivity contribution in [3.63, 3.8) is 0 Å². The van der Waals surface area contributed by atoms with Gasteiger partial charge in [0.15, 0.2) is 0 Å². The van der Waals surface area contributed by atoms with E-state index >= 15 is 0 Å². The Hall–Kier alpha value is -0.420. The first-order valence-electron chi connectivity index (χ1n) is 6.12. The number of halogens is 2. The molecular weight excluding hydrogens is 360 g/mol. The number of pyridine rings is 1. The third-order valence-corrected chi connectivity index (χ3v) is 5.37. The van der Waals surface area contributed by atoms with Gasteiger partial charge in [0.1, 0.15) is 5.69 Å². The van der Waals surface area contributed by atoms with Crippen molar-refractivity contribution in [2.24, 2.45) is 5.41 Å². The molecule has 1 aliphatic carbocycles. The largest absolute Gasteiger partial charge is 0.350 e. The summed E-state index contributed by atoms with van der Waals surface area (Å²) >= 11 is 6.93. The standard InChI is InChI=1S/C13H16Br2N2O/c14-8-13(5-1-2-6-13)9-17-12(18)11-10(15)4-3-7-16-11/h3-4,7H,1-2,5-6,8-9H2,(H,17,18). The number of nitrogens with one attached hydrogen (secondary N) is 1. The summed E-state index contributed by atoms with van der Waals surface area (Å²) < 4.78 is 0.738. The fraction of sp³-hybridized carbons (Fsp3) is 0.538. The van der Waals surface area contributed by atoms with Crippen LogP contribution < -0.4 is 5.32 Å². The molecule has 3 nitrogen and oxygen atoms in total. The molecule has 0 saturated heterocycles. The average molecular weight is 376 g/mol. The maximum absolute atomic E-state index is 12.1. The van der Waals surface area contributed by atoms with Crippen LogP contribution in [0.3, 0.4) is 0 Å². The van der Waals surface area contributed by atoms with E-state index in [2.05, 4.69) is 42.2 Å². The number of carbonyl (C=O) groups excluding carboxylic acids is 1. The van der Waals surface area contributed by atoms with Crippen LogP contribution in [0.25, 0.3) is 0 Å². The number of aromatic nitrogens is 1. The van der Waals surface area contributed by atoms with Crippen LogP contribution in [-0.4, -0.2) is 22.8 Å². The molecule has 18 heavy (non-hydrogen) atoms. The Kier molecular flexibility index (Phi) is 4.78. The molecule has 0 spiro atoms. The second-order valence-electron chi connectivity index (χ2n) is 4.86. The fourth-order valence-electron chi connectivity index (χ4n) is 2.39. The van der Waals surface area contributed by atoms with Crippen LogP contribution in [0.4, 0.5) is 0 Å². The molecule has 1 fully saturated rings. The van der Waals surface area contributed by atoms with Crippen molar-refractivity contribution in [2.75, 3.05) is 11.9 Å². The lowest BCUT2D eigenvalue weighted by atomic mass is 9.89. The van der Waals surface area contributed by atoms with Crippen LogP contribution in [0.2, 0.25) is 0 Å². The third-order valence-electron chi connectivity index (χ3n) is 3.55. The summed E-state index contributed by atoms with van der Waals surface area (Å²) in [5, 5.41) is 3.96. The molecule has 1 aliphatic rings. The number of carbonyl (C=O) groups is 1. The SMILES string of the molecule is O=C(NCC1(CBr)CCCC1)c1ncccc1Br. The highest BCUT2D eigenvalue weighted by atomic mass is 79.9. The zero-order valence-corrected chi connectivity index (χ0v) is 13.3. The van der Waals surface area contributed by atoms with E-state index in [0.717, 1.165) is 16.3 Å². The van der Waals surface area contributed by atoms with Crippen LogP contribution in [0.1, 0.15) is 36.2 Å². The lowest BCUT2D eigenvalue weighted by molar-refractivity contribution is 0.0929. The van der Waals surface area contributed by atoms with Gasteiger partial charge in [0.2, 0.25) is 0 Å². The molecule has 1 N–H and O–H groups in total. The molecule has 0 bridgehead atoms. The van der Waals surface area contributed by atoms with Gasteiger partial charge in [-0.15, -0.1) is 0 Å². The first-order valence-corrected chi connectivity index (χ1v) is 8.03. The predicted octanol–water partition coefficient (Wildman–Crippen LogP) is 3.53. The van der Waals surface area contributed by atoms with E-state index in [1.54, 1.807) is 12.3 Å². The molecule has 0 unspecified atom stereocenters. The van der Waals surface area contributed by atoms with E-state index in [0.29, 0.717) is 5.69 Å². The summed E-state index contributed by atoms with van der Waals surface area (Å²) in [6.07, 6.45) is 6.52. The summed E-state index contributed by atoms with van der Waals surface area (Å²) in [7, 11) is 0. The van der Waals surface area contributed by atoms with E-state index in [-0.39, 0.29) is 11.3 Å². The van der Waals surface area contributed by atoms with Gasteiger partial charge in [0.25, 0.3) is 5.91 Å². The number of rotatable bonds is 4. The lowest BCUT2D eigenvalue weighted by Crippen LogP contribution is -2.37. The van der Waals surface area contributed by atoms with Gasteiger partial charge in [-0.2, -0.15) is 0 Å². The van der Waals surface area contributed by atoms with Gasteiger partial charge in [0.05, 0.1) is 0 Å². The van der Waals surface area contributed by atoms with Crippen molar-refractivity contribution in [2.45, 2.75) is 25.7 Å². The van der Waals surface area contributed by atoms with Gasteiger partial charge in [-0.05, 0) is 46.3 Å². The molecule has 1 aromatic heterocycles. The second kappa shape index (κ2) is 6.15. The Morgan fingerprint density at radius 2 is 2.17 bits per heavy atom. The zero-order valence-electron chi connectivity index (χ0n) is 10.1. The normalized spacial score (nSPS) is 17.7. The van der Waals surface area contributed by atoms with Crippen molar-refractivity contribution in [3.05, 3.63) is 28.5 Å². The average Bonchev–Trinajstić information content (AvgIpc) is 2.86. The highest BCUT2D eigenvalue weighted by Gasteiger charge is 2.33. The van der Waals surface area contributed by atoms with Gasteiger partial charge in [0, 0.05) is 22.5 Å². The minimum absolute atomic E-state index is 0.102. The fourth-order valence-corrected chi connectivity index (χ4v) is 3.58. The van der Waals surface area contributed by atoms with Crippen molar-refractivity contribution in [1.29, 1.82) is 0 Å². The second-order valence-corrected chi connectivity index (χ2v) is 6.27. The number of amides is 1. The Morgan fingerprint density at radius 3 is 2.78 bits per heavy atom. The van der Waals surface area contributed by atoms with Crippen LogP contribution in [0.15, 0.2) is 22.8 Å². The molecule has 0 radical (unpaired) electrons. The molecule has 0 atom stereocenters. The minimum atomic E-state index is -0.102. The summed E-state index contributed by atoms with van der Waals surface area (Å²) in [6.45, 7) is 0.722. The van der Waals surface area contributed by atoms with Gasteiger partial charge in [-0.25, -0.2) is 4.98 Å². The monoisotopic (exact) mass is 374 g/mol. The number of hydrogen-bond donors (Lipinski definition) is 1. The van der Waals surface area contributed by atoms with Crippen LogP contribution in [0.5, 0.6) is 0 Å². The van der Waals surface area contributed by atoms with E-state index in [4.69, 9.17) is 0 Å². The lowest BCUT2D eigenvalue weighted by Gasteiger charge is -2.26. The zero-order chi connectivity index (χ0) is 13.0. The summed E-state index contributed by atoms with van der Waals surface area (Å²) in [4.78, 5) is 16.2. The molecule has 1 saturated carbocycles. The highest BCUT2D eigenvalue weighted by molar-refractivity contribution is 9.10. The summed E-state index contributed by atoms with van der Waals surface area (Å²) in [5.41, 5.74) is 0.692. The summed E-state index contributed by atoms with van der Waals surface area (Å²) in [5.74, 6) is -0.102. The molecule has 0 aliphatic heterocycles. The maximum atomic E-state index is 12.1. The predicted molar refractivity (Wildman–Crippen MR) is 79.0 cm³/mol. The number of nitrogens with zero attached hydrogens (tertiary/aromatic N) is 1. The summed E-state index contributed by atoms with van der Waals surface area (Å²) in [6, 6.07) is 3.63. The van der Waals surface area contributed by atoms with Crippen molar-refractivity contribution < 1.29 is 4.79 Å². The Balaban J connectivity index is 1.98. The van der Waals surface area contributed by atoms with Gasteiger partial charge < -0.3 is 5.32 Å². The highest BCUT2D eigenvalue weighted by Crippen LogP contribution is 2.39. The quantitative estimate of drug-likeness (QED) is 0.818. The Morgan fingerprint density at radius 1 is 1.44 bits per heavy atom. The molecule has 98 valence electrons. The van der Waals surface area contributed by atoms with Crippen molar-refractivity contribution in [3.8, 4) is 0 Å². The molecule has 2 rings (SSSR count). The molecule has 5 heteroatoms. The van der Waals surface area contributed by atoms with Crippen LogP contribution in [0, 0.1) is 5.41 Å². The third kappa shape index (κ3) is 3.12. The van der Waals surface area contributed by atoms with E-state index in [1.165, 1.54) is 25.7 Å². The van der Waals surface area contributed by atoms with Gasteiger partial charge in [-0.1, -0.05) is 28.8 Å². The first-order chi connectivity index (χ1) is 8.67. The molecular formula is C13H16Br2N2O. The number of alkyl halides is 1. The molecule has 1 heterocycles. The van der Waals surface area contributed by atoms with Gasteiger partial charge in [-0.3, -0.25) is 4.79 Å². The Bertz CT molecular complexity index is 431.